The Morgan fingerprint density at radius 3 is 2.70 bits per heavy atom. The molecule has 0 fully saturated rings. The molecule has 0 bridgehead atoms. The molecule has 0 aliphatic heterocycles. The first kappa shape index (κ1) is 17.9. The molecular formula is C14H19BrF3NS. The Morgan fingerprint density at radius 1 is 1.35 bits per heavy atom. The maximum atomic E-state index is 12.3. The molecule has 1 unspecified atom stereocenters. The summed E-state index contributed by atoms with van der Waals surface area (Å²) in [6.45, 7) is 2.76. The lowest BCUT2D eigenvalue weighted by Crippen LogP contribution is -2.33. The highest BCUT2D eigenvalue weighted by molar-refractivity contribution is 9.10. The maximum absolute atomic E-state index is 12.3. The topological polar surface area (TPSA) is 12.0 Å². The van der Waals surface area contributed by atoms with Crippen LogP contribution in [0.1, 0.15) is 26.2 Å². The van der Waals surface area contributed by atoms with Crippen molar-refractivity contribution >= 4 is 27.7 Å². The smallest absolute Gasteiger partial charge is 0.313 e. The minimum absolute atomic E-state index is 0.111. The average Bonchev–Trinajstić information content (AvgIpc) is 2.37. The van der Waals surface area contributed by atoms with Gasteiger partial charge in [0.15, 0.2) is 0 Å². The first-order valence-corrected chi connectivity index (χ1v) is 8.37. The molecule has 1 rings (SSSR count). The number of alkyl halides is 3. The van der Waals surface area contributed by atoms with Crippen molar-refractivity contribution in [2.75, 3.05) is 12.3 Å². The van der Waals surface area contributed by atoms with E-state index in [-0.39, 0.29) is 12.5 Å². The SMILES string of the molecule is CCCNC(CCC(F)(F)F)CSc1cccc(Br)c1. The van der Waals surface area contributed by atoms with Crippen molar-refractivity contribution in [3.05, 3.63) is 28.7 Å². The van der Waals surface area contributed by atoms with Crippen LogP contribution in [0, 0.1) is 0 Å². The zero-order valence-electron chi connectivity index (χ0n) is 11.3. The molecule has 6 heteroatoms. The van der Waals surface area contributed by atoms with E-state index in [1.54, 1.807) is 11.8 Å². The fourth-order valence-corrected chi connectivity index (χ4v) is 3.30. The standard InChI is InChI=1S/C14H19BrF3NS/c1-2-8-19-12(6-7-14(16,17)18)10-20-13-5-3-4-11(15)9-13/h3-5,9,12,19H,2,6-8,10H2,1H3. The van der Waals surface area contributed by atoms with Gasteiger partial charge < -0.3 is 5.32 Å². The molecule has 114 valence electrons. The summed E-state index contributed by atoms with van der Waals surface area (Å²) in [5.41, 5.74) is 0. The van der Waals surface area contributed by atoms with Gasteiger partial charge in [-0.15, -0.1) is 11.8 Å². The van der Waals surface area contributed by atoms with Crippen molar-refractivity contribution < 1.29 is 13.2 Å². The maximum Gasteiger partial charge on any atom is 0.389 e. The molecule has 0 radical (unpaired) electrons. The van der Waals surface area contributed by atoms with Gasteiger partial charge in [0.1, 0.15) is 0 Å². The Morgan fingerprint density at radius 2 is 2.10 bits per heavy atom. The molecular weight excluding hydrogens is 351 g/mol. The summed E-state index contributed by atoms with van der Waals surface area (Å²) in [5, 5.41) is 3.19. The minimum Gasteiger partial charge on any atom is -0.313 e. The van der Waals surface area contributed by atoms with Crippen molar-refractivity contribution in [1.29, 1.82) is 0 Å². The van der Waals surface area contributed by atoms with Crippen molar-refractivity contribution in [2.24, 2.45) is 0 Å². The summed E-state index contributed by atoms with van der Waals surface area (Å²) in [7, 11) is 0. The van der Waals surface area contributed by atoms with E-state index in [4.69, 9.17) is 0 Å². The van der Waals surface area contributed by atoms with Crippen LogP contribution in [0.5, 0.6) is 0 Å². The van der Waals surface area contributed by atoms with Gasteiger partial charge in [-0.3, -0.25) is 0 Å². The second kappa shape index (κ2) is 8.95. The van der Waals surface area contributed by atoms with E-state index in [0.717, 1.165) is 22.3 Å². The third-order valence-corrected chi connectivity index (χ3v) is 4.36. The third-order valence-electron chi connectivity index (χ3n) is 2.71. The van der Waals surface area contributed by atoms with Gasteiger partial charge in [-0.05, 0) is 37.6 Å². The fraction of sp³-hybridized carbons (Fsp3) is 0.571. The van der Waals surface area contributed by atoms with Crippen molar-refractivity contribution in [2.45, 2.75) is 43.3 Å². The molecule has 0 spiro atoms. The number of halogens is 4. The van der Waals surface area contributed by atoms with Crippen LogP contribution in [-0.4, -0.2) is 24.5 Å². The van der Waals surface area contributed by atoms with E-state index in [0.29, 0.717) is 5.75 Å². The van der Waals surface area contributed by atoms with E-state index < -0.39 is 12.6 Å². The summed E-state index contributed by atoms with van der Waals surface area (Å²) < 4.78 is 37.9. The van der Waals surface area contributed by atoms with Crippen molar-refractivity contribution in [3.63, 3.8) is 0 Å². The van der Waals surface area contributed by atoms with Gasteiger partial charge in [0.2, 0.25) is 0 Å². The zero-order valence-corrected chi connectivity index (χ0v) is 13.7. The molecule has 1 aromatic carbocycles. The molecule has 0 saturated heterocycles. The molecule has 0 aliphatic carbocycles. The predicted octanol–water partition coefficient (Wildman–Crippen LogP) is 5.25. The van der Waals surface area contributed by atoms with E-state index in [2.05, 4.69) is 21.2 Å². The fourth-order valence-electron chi connectivity index (χ4n) is 1.68. The van der Waals surface area contributed by atoms with Crippen LogP contribution >= 0.6 is 27.7 Å². The molecule has 0 amide bonds. The lowest BCUT2D eigenvalue weighted by molar-refractivity contribution is -0.136. The third kappa shape index (κ3) is 8.17. The largest absolute Gasteiger partial charge is 0.389 e. The van der Waals surface area contributed by atoms with Crippen LogP contribution in [0.15, 0.2) is 33.6 Å². The normalized spacial score (nSPS) is 13.4. The van der Waals surface area contributed by atoms with Gasteiger partial charge in [-0.2, -0.15) is 13.2 Å². The van der Waals surface area contributed by atoms with Crippen LogP contribution in [0.25, 0.3) is 0 Å². The Bertz CT molecular complexity index is 398. The Labute approximate surface area is 130 Å². The van der Waals surface area contributed by atoms with Gasteiger partial charge in [0.05, 0.1) is 0 Å². The highest BCUT2D eigenvalue weighted by Gasteiger charge is 2.28. The molecule has 1 atom stereocenters. The lowest BCUT2D eigenvalue weighted by Gasteiger charge is -2.19. The van der Waals surface area contributed by atoms with Crippen LogP contribution in [0.3, 0.4) is 0 Å². The second-order valence-electron chi connectivity index (χ2n) is 4.57. The number of hydrogen-bond acceptors (Lipinski definition) is 2. The Hall–Kier alpha value is -0.200. The molecule has 0 saturated carbocycles. The monoisotopic (exact) mass is 369 g/mol. The quantitative estimate of drug-likeness (QED) is 0.627. The Balaban J connectivity index is 2.47. The number of benzene rings is 1. The highest BCUT2D eigenvalue weighted by Crippen LogP contribution is 2.26. The predicted molar refractivity (Wildman–Crippen MR) is 82.2 cm³/mol. The van der Waals surface area contributed by atoms with Crippen molar-refractivity contribution in [3.8, 4) is 0 Å². The molecule has 0 heterocycles. The summed E-state index contributed by atoms with van der Waals surface area (Å²) in [6.07, 6.45) is -3.76. The molecule has 0 aliphatic rings. The highest BCUT2D eigenvalue weighted by atomic mass is 79.9. The molecule has 0 aromatic heterocycles. The summed E-state index contributed by atoms with van der Waals surface area (Å²) in [4.78, 5) is 1.06. The summed E-state index contributed by atoms with van der Waals surface area (Å²) >= 11 is 4.97. The van der Waals surface area contributed by atoms with Crippen LogP contribution in [0.2, 0.25) is 0 Å². The molecule has 1 nitrogen and oxygen atoms in total. The van der Waals surface area contributed by atoms with Gasteiger partial charge in [-0.25, -0.2) is 0 Å². The van der Waals surface area contributed by atoms with Crippen LogP contribution in [0.4, 0.5) is 13.2 Å². The summed E-state index contributed by atoms with van der Waals surface area (Å²) in [6, 6.07) is 7.69. The molecule has 20 heavy (non-hydrogen) atoms. The summed E-state index contributed by atoms with van der Waals surface area (Å²) in [5.74, 6) is 0.645. The van der Waals surface area contributed by atoms with E-state index in [1.165, 1.54) is 0 Å². The van der Waals surface area contributed by atoms with Gasteiger partial charge in [-0.1, -0.05) is 28.9 Å². The first-order valence-electron chi connectivity index (χ1n) is 6.59. The molecule has 1 aromatic rings. The van der Waals surface area contributed by atoms with Crippen LogP contribution < -0.4 is 5.32 Å². The Kier molecular flexibility index (Phi) is 7.99. The lowest BCUT2D eigenvalue weighted by atomic mass is 10.2. The van der Waals surface area contributed by atoms with Gasteiger partial charge >= 0.3 is 6.18 Å². The minimum atomic E-state index is -4.08. The first-order chi connectivity index (χ1) is 9.40. The zero-order chi connectivity index (χ0) is 15.0. The van der Waals surface area contributed by atoms with E-state index in [1.807, 2.05) is 31.2 Å². The van der Waals surface area contributed by atoms with Gasteiger partial charge in [0, 0.05) is 27.6 Å². The number of nitrogens with one attached hydrogen (secondary N) is 1. The van der Waals surface area contributed by atoms with Gasteiger partial charge in [0.25, 0.3) is 0 Å². The molecule has 1 N–H and O–H groups in total. The van der Waals surface area contributed by atoms with Crippen molar-refractivity contribution in [1.82, 2.24) is 5.32 Å². The number of hydrogen-bond donors (Lipinski definition) is 1. The van der Waals surface area contributed by atoms with Crippen LogP contribution in [-0.2, 0) is 0 Å². The number of thioether (sulfide) groups is 1. The van der Waals surface area contributed by atoms with E-state index in [9.17, 15) is 13.2 Å². The van der Waals surface area contributed by atoms with E-state index >= 15 is 0 Å². The number of rotatable bonds is 8. The average molecular weight is 370 g/mol. The second-order valence-corrected chi connectivity index (χ2v) is 6.58.